The second-order valence-corrected chi connectivity index (χ2v) is 5.01. The lowest BCUT2D eigenvalue weighted by Crippen LogP contribution is -3.00. The molecule has 1 heterocycles. The van der Waals surface area contributed by atoms with Gasteiger partial charge >= 0.3 is 0 Å². The maximum absolute atomic E-state index is 12.1. The van der Waals surface area contributed by atoms with E-state index >= 15 is 0 Å². The number of non-ortho nitro benzene ring substituents is 1. The van der Waals surface area contributed by atoms with Crippen molar-refractivity contribution in [3.63, 3.8) is 0 Å². The summed E-state index contributed by atoms with van der Waals surface area (Å²) in [5, 5.41) is 13.4. The van der Waals surface area contributed by atoms with E-state index in [1.807, 2.05) is 0 Å². The Morgan fingerprint density at radius 3 is 2.64 bits per heavy atom. The van der Waals surface area contributed by atoms with E-state index in [-0.39, 0.29) is 42.1 Å². The molecule has 2 aromatic rings. The number of nitrogens with zero attached hydrogens (tertiary/aromatic N) is 2. The Labute approximate surface area is 150 Å². The number of methoxy groups -OCH3 is 1. The summed E-state index contributed by atoms with van der Waals surface area (Å²) in [6.07, 6.45) is 3.24. The fourth-order valence-electron chi connectivity index (χ4n) is 2.08. The summed E-state index contributed by atoms with van der Waals surface area (Å²) in [5.41, 5.74) is 0.697. The first-order valence-electron chi connectivity index (χ1n) is 7.03. The van der Waals surface area contributed by atoms with E-state index < -0.39 is 4.92 Å². The van der Waals surface area contributed by atoms with Crippen LogP contribution in [0.3, 0.4) is 0 Å². The van der Waals surface area contributed by atoms with Crippen LogP contribution in [0.5, 0.6) is 5.75 Å². The van der Waals surface area contributed by atoms with Gasteiger partial charge in [0.1, 0.15) is 5.75 Å². The molecule has 132 valence electrons. The number of nitro groups is 1. The van der Waals surface area contributed by atoms with Crippen LogP contribution in [0.2, 0.25) is 0 Å². The highest BCUT2D eigenvalue weighted by molar-refractivity contribution is 5.93. The van der Waals surface area contributed by atoms with Gasteiger partial charge in [-0.1, -0.05) is 0 Å². The van der Waals surface area contributed by atoms with Crippen molar-refractivity contribution >= 4 is 23.1 Å². The van der Waals surface area contributed by atoms with E-state index in [2.05, 4.69) is 5.32 Å². The lowest BCUT2D eigenvalue weighted by atomic mass is 10.2. The number of hydrogen-bond acceptors (Lipinski definition) is 5. The molecular weight excluding hydrogens is 350 g/mol. The summed E-state index contributed by atoms with van der Waals surface area (Å²) >= 11 is 0. The Morgan fingerprint density at radius 1 is 1.32 bits per heavy atom. The topological polar surface area (TPSA) is 102 Å². The average molecular weight is 366 g/mol. The molecular formula is C16H16ClN3O5. The molecule has 9 heteroatoms. The van der Waals surface area contributed by atoms with Crippen LogP contribution in [0, 0.1) is 10.1 Å². The molecule has 0 saturated heterocycles. The number of carbonyl (C=O) groups is 2. The van der Waals surface area contributed by atoms with Gasteiger partial charge in [0, 0.05) is 12.1 Å². The first kappa shape index (κ1) is 20.0. The smallest absolute Gasteiger partial charge is 0.290 e. The number of nitro benzene ring substituents is 1. The van der Waals surface area contributed by atoms with Crippen molar-refractivity contribution in [2.75, 3.05) is 12.4 Å². The largest absolute Gasteiger partial charge is 1.00 e. The highest BCUT2D eigenvalue weighted by atomic mass is 35.5. The zero-order valence-corrected chi connectivity index (χ0v) is 14.3. The van der Waals surface area contributed by atoms with Crippen LogP contribution in [-0.2, 0) is 11.3 Å². The van der Waals surface area contributed by atoms with E-state index in [0.29, 0.717) is 11.3 Å². The van der Waals surface area contributed by atoms with Gasteiger partial charge < -0.3 is 22.5 Å². The lowest BCUT2D eigenvalue weighted by Gasteiger charge is -2.08. The van der Waals surface area contributed by atoms with Gasteiger partial charge in [0.05, 0.1) is 29.4 Å². The predicted molar refractivity (Wildman–Crippen MR) is 84.9 cm³/mol. The average Bonchev–Trinajstić information content (AvgIpc) is 2.55. The zero-order valence-electron chi connectivity index (χ0n) is 13.6. The van der Waals surface area contributed by atoms with Gasteiger partial charge in [-0.15, -0.1) is 0 Å². The molecule has 0 atom stereocenters. The van der Waals surface area contributed by atoms with E-state index in [9.17, 15) is 19.7 Å². The third-order valence-electron chi connectivity index (χ3n) is 3.26. The summed E-state index contributed by atoms with van der Waals surface area (Å²) in [5.74, 6) is -0.255. The highest BCUT2D eigenvalue weighted by Gasteiger charge is 2.16. The number of Topliss-reactive ketones (excluding diaryl/α,β-unsaturated/α-hetero) is 1. The molecule has 0 radical (unpaired) electrons. The van der Waals surface area contributed by atoms with E-state index in [0.717, 1.165) is 0 Å². The van der Waals surface area contributed by atoms with Crippen molar-refractivity contribution in [2.45, 2.75) is 13.5 Å². The quantitative estimate of drug-likeness (QED) is 0.298. The summed E-state index contributed by atoms with van der Waals surface area (Å²) in [4.78, 5) is 33.7. The number of halogens is 1. The summed E-state index contributed by atoms with van der Waals surface area (Å²) in [6.45, 7) is 1.43. The normalized spacial score (nSPS) is 9.68. The molecule has 0 saturated carbocycles. The van der Waals surface area contributed by atoms with Crippen LogP contribution in [0.15, 0.2) is 42.7 Å². The number of ketones is 1. The van der Waals surface area contributed by atoms with Crippen LogP contribution < -0.4 is 27.0 Å². The third-order valence-corrected chi connectivity index (χ3v) is 3.26. The zero-order chi connectivity index (χ0) is 17.7. The number of rotatable bonds is 6. The molecule has 0 aliphatic heterocycles. The fraction of sp³-hybridized carbons (Fsp3) is 0.188. The van der Waals surface area contributed by atoms with Gasteiger partial charge in [0.15, 0.2) is 18.2 Å². The second-order valence-electron chi connectivity index (χ2n) is 5.01. The summed E-state index contributed by atoms with van der Waals surface area (Å²) in [7, 11) is 1.36. The SMILES string of the molecule is COc1cc([N+](=O)[O-])ccc1NC(=O)C[n+]1cccc(C(C)=O)c1.[Cl-]. The van der Waals surface area contributed by atoms with Crippen molar-refractivity contribution in [3.8, 4) is 5.75 Å². The van der Waals surface area contributed by atoms with Crippen LogP contribution in [-0.4, -0.2) is 23.7 Å². The molecule has 25 heavy (non-hydrogen) atoms. The molecule has 0 spiro atoms. The number of carbonyl (C=O) groups excluding carboxylic acids is 2. The predicted octanol–water partition coefficient (Wildman–Crippen LogP) is -1.26. The van der Waals surface area contributed by atoms with Gasteiger partial charge in [-0.05, 0) is 19.1 Å². The number of hydrogen-bond donors (Lipinski definition) is 1. The summed E-state index contributed by atoms with van der Waals surface area (Å²) < 4.78 is 6.64. The van der Waals surface area contributed by atoms with Crippen LogP contribution in [0.1, 0.15) is 17.3 Å². The number of amides is 1. The Kier molecular flexibility index (Phi) is 7.01. The number of pyridine rings is 1. The Hall–Kier alpha value is -3.00. The van der Waals surface area contributed by atoms with Crippen molar-refractivity contribution in [1.29, 1.82) is 0 Å². The molecule has 0 fully saturated rings. The standard InChI is InChI=1S/C16H15N3O5.ClH/c1-11(20)12-4-3-7-18(9-12)10-16(21)17-14-6-5-13(19(22)23)8-15(14)24-2;/h3-9H,10H2,1-2H3;1H. The Morgan fingerprint density at radius 2 is 2.04 bits per heavy atom. The van der Waals surface area contributed by atoms with Gasteiger partial charge in [-0.2, -0.15) is 4.57 Å². The maximum atomic E-state index is 12.1. The van der Waals surface area contributed by atoms with Gasteiger partial charge in [-0.3, -0.25) is 19.7 Å². The highest BCUT2D eigenvalue weighted by Crippen LogP contribution is 2.28. The van der Waals surface area contributed by atoms with E-state index in [1.165, 1.54) is 32.2 Å². The third kappa shape index (κ3) is 5.25. The number of nitrogens with one attached hydrogen (secondary N) is 1. The van der Waals surface area contributed by atoms with Crippen molar-refractivity contribution in [1.82, 2.24) is 0 Å². The number of benzene rings is 1. The minimum absolute atomic E-state index is 0. The molecule has 1 N–H and O–H groups in total. The van der Waals surface area contributed by atoms with Crippen molar-refractivity contribution < 1.29 is 36.2 Å². The van der Waals surface area contributed by atoms with Crippen molar-refractivity contribution in [2.24, 2.45) is 0 Å². The first-order valence-corrected chi connectivity index (χ1v) is 7.03. The van der Waals surface area contributed by atoms with Crippen LogP contribution in [0.4, 0.5) is 11.4 Å². The van der Waals surface area contributed by atoms with Gasteiger partial charge in [0.2, 0.25) is 6.54 Å². The molecule has 0 aliphatic carbocycles. The first-order chi connectivity index (χ1) is 11.4. The van der Waals surface area contributed by atoms with Gasteiger partial charge in [-0.25, -0.2) is 0 Å². The molecule has 2 rings (SSSR count). The van der Waals surface area contributed by atoms with Crippen LogP contribution in [0.25, 0.3) is 0 Å². The molecule has 0 unspecified atom stereocenters. The summed E-state index contributed by atoms with van der Waals surface area (Å²) in [6, 6.07) is 7.26. The minimum atomic E-state index is -0.544. The Bertz CT molecular complexity index is 810. The fourth-order valence-corrected chi connectivity index (χ4v) is 2.08. The molecule has 1 amide bonds. The monoisotopic (exact) mass is 365 g/mol. The van der Waals surface area contributed by atoms with Crippen molar-refractivity contribution in [3.05, 3.63) is 58.4 Å². The van der Waals surface area contributed by atoms with Crippen LogP contribution >= 0.6 is 0 Å². The second kappa shape index (κ2) is 8.74. The lowest BCUT2D eigenvalue weighted by molar-refractivity contribution is -0.684. The number of ether oxygens (including phenoxy) is 1. The maximum Gasteiger partial charge on any atom is 0.290 e. The van der Waals surface area contributed by atoms with E-state index in [4.69, 9.17) is 4.74 Å². The molecule has 1 aromatic heterocycles. The molecule has 1 aromatic carbocycles. The van der Waals surface area contributed by atoms with E-state index in [1.54, 1.807) is 29.1 Å². The molecule has 0 aliphatic rings. The minimum Gasteiger partial charge on any atom is -1.00 e. The number of aromatic nitrogens is 1. The number of anilines is 1. The molecule has 0 bridgehead atoms. The molecule has 8 nitrogen and oxygen atoms in total. The van der Waals surface area contributed by atoms with Gasteiger partial charge in [0.25, 0.3) is 11.6 Å². The Balaban J connectivity index is 0.00000312.